The van der Waals surface area contributed by atoms with Crippen LogP contribution in [-0.2, 0) is 6.42 Å². The standard InChI is InChI=1S/C17H20Cl2N2/c1-3-8-21-17(15-5-4-9-20-12(15)2)10-13-6-7-14(18)11-16(13)19/h4-7,9,11,17,21H,3,8,10H2,1-2H3. The number of pyridine rings is 1. The van der Waals surface area contributed by atoms with Crippen molar-refractivity contribution in [3.05, 3.63) is 63.4 Å². The van der Waals surface area contributed by atoms with Crippen LogP contribution in [0.1, 0.15) is 36.2 Å². The van der Waals surface area contributed by atoms with Crippen molar-refractivity contribution in [1.29, 1.82) is 0 Å². The van der Waals surface area contributed by atoms with Crippen LogP contribution in [0.3, 0.4) is 0 Å². The zero-order valence-corrected chi connectivity index (χ0v) is 13.9. The first-order chi connectivity index (χ1) is 10.1. The topological polar surface area (TPSA) is 24.9 Å². The van der Waals surface area contributed by atoms with Gasteiger partial charge in [-0.05, 0) is 55.6 Å². The minimum absolute atomic E-state index is 0.206. The molecule has 0 radical (unpaired) electrons. The Balaban J connectivity index is 2.26. The van der Waals surface area contributed by atoms with E-state index >= 15 is 0 Å². The fourth-order valence-electron chi connectivity index (χ4n) is 2.38. The molecule has 0 amide bonds. The first kappa shape index (κ1) is 16.3. The minimum atomic E-state index is 0.206. The largest absolute Gasteiger partial charge is 0.310 e. The predicted molar refractivity (Wildman–Crippen MR) is 90.2 cm³/mol. The molecule has 2 aromatic rings. The van der Waals surface area contributed by atoms with Gasteiger partial charge >= 0.3 is 0 Å². The van der Waals surface area contributed by atoms with Crippen LogP contribution < -0.4 is 5.32 Å². The van der Waals surface area contributed by atoms with E-state index < -0.39 is 0 Å². The lowest BCUT2D eigenvalue weighted by Crippen LogP contribution is -2.25. The Kier molecular flexibility index (Phi) is 6.04. The molecule has 1 atom stereocenters. The molecule has 0 saturated heterocycles. The zero-order chi connectivity index (χ0) is 15.2. The molecule has 2 nitrogen and oxygen atoms in total. The second-order valence-corrected chi connectivity index (χ2v) is 5.97. The molecule has 1 N–H and O–H groups in total. The van der Waals surface area contributed by atoms with E-state index in [-0.39, 0.29) is 6.04 Å². The molecule has 0 aliphatic carbocycles. The van der Waals surface area contributed by atoms with E-state index in [0.29, 0.717) is 10.0 Å². The Morgan fingerprint density at radius 1 is 1.24 bits per heavy atom. The summed E-state index contributed by atoms with van der Waals surface area (Å²) in [5.74, 6) is 0. The molecule has 1 aromatic heterocycles. The third-order valence-corrected chi connectivity index (χ3v) is 4.09. The molecule has 21 heavy (non-hydrogen) atoms. The van der Waals surface area contributed by atoms with Crippen molar-refractivity contribution < 1.29 is 0 Å². The number of aromatic nitrogens is 1. The van der Waals surface area contributed by atoms with Gasteiger partial charge in [0.1, 0.15) is 0 Å². The number of hydrogen-bond acceptors (Lipinski definition) is 2. The van der Waals surface area contributed by atoms with Gasteiger partial charge in [-0.2, -0.15) is 0 Å². The molecule has 4 heteroatoms. The van der Waals surface area contributed by atoms with Crippen molar-refractivity contribution in [2.24, 2.45) is 0 Å². The Morgan fingerprint density at radius 2 is 2.05 bits per heavy atom. The molecule has 0 aliphatic rings. The van der Waals surface area contributed by atoms with E-state index in [0.717, 1.165) is 30.6 Å². The van der Waals surface area contributed by atoms with Crippen molar-refractivity contribution in [3.63, 3.8) is 0 Å². The number of nitrogens with zero attached hydrogens (tertiary/aromatic N) is 1. The van der Waals surface area contributed by atoms with Gasteiger partial charge in [0.25, 0.3) is 0 Å². The Morgan fingerprint density at radius 3 is 2.71 bits per heavy atom. The van der Waals surface area contributed by atoms with Crippen LogP contribution >= 0.6 is 23.2 Å². The average molecular weight is 323 g/mol. The van der Waals surface area contributed by atoms with E-state index in [1.54, 1.807) is 6.07 Å². The second kappa shape index (κ2) is 7.79. The van der Waals surface area contributed by atoms with Gasteiger partial charge in [0.15, 0.2) is 0 Å². The Bertz CT molecular complexity index is 599. The maximum atomic E-state index is 6.31. The highest BCUT2D eigenvalue weighted by atomic mass is 35.5. The second-order valence-electron chi connectivity index (χ2n) is 5.12. The molecular weight excluding hydrogens is 303 g/mol. The molecule has 1 aromatic carbocycles. The quantitative estimate of drug-likeness (QED) is 0.811. The van der Waals surface area contributed by atoms with E-state index in [1.165, 1.54) is 5.56 Å². The smallest absolute Gasteiger partial charge is 0.0453 e. The lowest BCUT2D eigenvalue weighted by Gasteiger charge is -2.21. The van der Waals surface area contributed by atoms with Crippen LogP contribution in [0, 0.1) is 6.92 Å². The van der Waals surface area contributed by atoms with Crippen molar-refractivity contribution in [3.8, 4) is 0 Å². The SMILES string of the molecule is CCCNC(Cc1ccc(Cl)cc1Cl)c1cccnc1C. The number of nitrogens with one attached hydrogen (secondary N) is 1. The predicted octanol–water partition coefficient (Wildman–Crippen LogP) is 4.98. The van der Waals surface area contributed by atoms with Crippen molar-refractivity contribution >= 4 is 23.2 Å². The van der Waals surface area contributed by atoms with Crippen molar-refractivity contribution in [2.45, 2.75) is 32.7 Å². The average Bonchev–Trinajstić information content (AvgIpc) is 2.46. The van der Waals surface area contributed by atoms with Gasteiger partial charge in [-0.15, -0.1) is 0 Å². The number of aryl methyl sites for hydroxylation is 1. The molecular formula is C17H20Cl2N2. The fraction of sp³-hybridized carbons (Fsp3) is 0.353. The first-order valence-electron chi connectivity index (χ1n) is 7.20. The number of rotatable bonds is 6. The van der Waals surface area contributed by atoms with Crippen LogP contribution in [0.2, 0.25) is 10.0 Å². The summed E-state index contributed by atoms with van der Waals surface area (Å²) in [6, 6.07) is 9.99. The number of halogens is 2. The van der Waals surface area contributed by atoms with Gasteiger partial charge in [0.05, 0.1) is 0 Å². The maximum Gasteiger partial charge on any atom is 0.0453 e. The number of hydrogen-bond donors (Lipinski definition) is 1. The van der Waals surface area contributed by atoms with Crippen LogP contribution in [0.5, 0.6) is 0 Å². The Hall–Kier alpha value is -1.09. The highest BCUT2D eigenvalue weighted by molar-refractivity contribution is 6.35. The zero-order valence-electron chi connectivity index (χ0n) is 12.4. The lowest BCUT2D eigenvalue weighted by atomic mass is 9.97. The highest BCUT2D eigenvalue weighted by Crippen LogP contribution is 2.27. The summed E-state index contributed by atoms with van der Waals surface area (Å²) in [5.41, 5.74) is 3.37. The molecule has 112 valence electrons. The van der Waals surface area contributed by atoms with Crippen LogP contribution in [-0.4, -0.2) is 11.5 Å². The Labute approximate surface area is 136 Å². The molecule has 0 saturated carbocycles. The van der Waals surface area contributed by atoms with Crippen molar-refractivity contribution in [1.82, 2.24) is 10.3 Å². The van der Waals surface area contributed by atoms with Gasteiger partial charge in [-0.3, -0.25) is 4.98 Å². The van der Waals surface area contributed by atoms with Gasteiger partial charge in [0.2, 0.25) is 0 Å². The van der Waals surface area contributed by atoms with Crippen LogP contribution in [0.15, 0.2) is 36.5 Å². The summed E-state index contributed by atoms with van der Waals surface area (Å²) in [5, 5.41) is 4.97. The molecule has 0 fully saturated rings. The fourth-order valence-corrected chi connectivity index (χ4v) is 2.87. The summed E-state index contributed by atoms with van der Waals surface area (Å²) < 4.78 is 0. The molecule has 2 rings (SSSR count). The maximum absolute atomic E-state index is 6.31. The third kappa shape index (κ3) is 4.44. The van der Waals surface area contributed by atoms with Gasteiger partial charge in [-0.1, -0.05) is 42.3 Å². The van der Waals surface area contributed by atoms with E-state index in [1.807, 2.05) is 31.3 Å². The van der Waals surface area contributed by atoms with E-state index in [2.05, 4.69) is 23.3 Å². The van der Waals surface area contributed by atoms with Crippen molar-refractivity contribution in [2.75, 3.05) is 6.54 Å². The first-order valence-corrected chi connectivity index (χ1v) is 7.96. The van der Waals surface area contributed by atoms with E-state index in [9.17, 15) is 0 Å². The lowest BCUT2D eigenvalue weighted by molar-refractivity contribution is 0.525. The molecule has 0 spiro atoms. The molecule has 1 heterocycles. The van der Waals surface area contributed by atoms with Crippen LogP contribution in [0.25, 0.3) is 0 Å². The van der Waals surface area contributed by atoms with E-state index in [4.69, 9.17) is 23.2 Å². The number of benzene rings is 1. The van der Waals surface area contributed by atoms with Gasteiger partial charge < -0.3 is 5.32 Å². The van der Waals surface area contributed by atoms with Gasteiger partial charge in [0, 0.05) is 28.0 Å². The molecule has 1 unspecified atom stereocenters. The molecule has 0 aliphatic heterocycles. The summed E-state index contributed by atoms with van der Waals surface area (Å²) in [6.07, 6.45) is 3.73. The normalized spacial score (nSPS) is 12.4. The monoisotopic (exact) mass is 322 g/mol. The summed E-state index contributed by atoms with van der Waals surface area (Å²) >= 11 is 12.3. The molecule has 0 bridgehead atoms. The summed E-state index contributed by atoms with van der Waals surface area (Å²) in [4.78, 5) is 4.39. The van der Waals surface area contributed by atoms with Gasteiger partial charge in [-0.25, -0.2) is 0 Å². The third-order valence-electron chi connectivity index (χ3n) is 3.50. The van der Waals surface area contributed by atoms with Crippen LogP contribution in [0.4, 0.5) is 0 Å². The minimum Gasteiger partial charge on any atom is -0.310 e. The summed E-state index contributed by atoms with van der Waals surface area (Å²) in [7, 11) is 0. The highest BCUT2D eigenvalue weighted by Gasteiger charge is 2.15. The summed E-state index contributed by atoms with van der Waals surface area (Å²) in [6.45, 7) is 5.17.